The minimum atomic E-state index is -0.403. The Labute approximate surface area is 92.2 Å². The molecule has 0 saturated carbocycles. The lowest BCUT2D eigenvalue weighted by Crippen LogP contribution is -2.13. The monoisotopic (exact) mass is 233 g/mol. The maximum absolute atomic E-state index is 13.2. The Balaban J connectivity index is 2.37. The summed E-state index contributed by atoms with van der Waals surface area (Å²) in [4.78, 5) is 0. The number of benzene rings is 1. The standard InChI is InChI=1S/C10H10Cl2FN/c11-7-5-8(12)9(13)4-6(7)10-2-1-3-14-10/h4-5,10,14H,1-3H2/t10-/m1/s1. The highest BCUT2D eigenvalue weighted by molar-refractivity contribution is 6.35. The Hall–Kier alpha value is -0.310. The third kappa shape index (κ3) is 1.88. The van der Waals surface area contributed by atoms with Gasteiger partial charge in [0.1, 0.15) is 5.82 Å². The first kappa shape index (κ1) is 10.2. The number of rotatable bonds is 1. The van der Waals surface area contributed by atoms with E-state index in [1.165, 1.54) is 12.1 Å². The molecule has 14 heavy (non-hydrogen) atoms. The molecular formula is C10H10Cl2FN. The van der Waals surface area contributed by atoms with Crippen molar-refractivity contribution < 1.29 is 4.39 Å². The van der Waals surface area contributed by atoms with E-state index in [9.17, 15) is 4.39 Å². The first-order valence-electron chi connectivity index (χ1n) is 4.56. The molecule has 1 aromatic carbocycles. The average Bonchev–Trinajstić information content (AvgIpc) is 2.64. The number of hydrogen-bond donors (Lipinski definition) is 1. The summed E-state index contributed by atoms with van der Waals surface area (Å²) < 4.78 is 13.2. The Morgan fingerprint density at radius 2 is 2.07 bits per heavy atom. The van der Waals surface area contributed by atoms with Gasteiger partial charge in [0.05, 0.1) is 5.02 Å². The second kappa shape index (κ2) is 4.05. The van der Waals surface area contributed by atoms with Gasteiger partial charge in [-0.1, -0.05) is 23.2 Å². The van der Waals surface area contributed by atoms with Gasteiger partial charge in [0.25, 0.3) is 0 Å². The van der Waals surface area contributed by atoms with E-state index in [0.717, 1.165) is 24.9 Å². The number of halogens is 3. The molecule has 1 fully saturated rings. The molecule has 1 atom stereocenters. The zero-order valence-electron chi connectivity index (χ0n) is 7.49. The van der Waals surface area contributed by atoms with E-state index in [4.69, 9.17) is 23.2 Å². The van der Waals surface area contributed by atoms with E-state index in [1.54, 1.807) is 0 Å². The SMILES string of the molecule is Fc1cc([C@H]2CCCN2)c(Cl)cc1Cl. The largest absolute Gasteiger partial charge is 0.310 e. The van der Waals surface area contributed by atoms with Crippen molar-refractivity contribution in [1.29, 1.82) is 0 Å². The van der Waals surface area contributed by atoms with Crippen LogP contribution in [0.3, 0.4) is 0 Å². The third-order valence-corrected chi connectivity index (χ3v) is 3.09. The quantitative estimate of drug-likeness (QED) is 0.732. The van der Waals surface area contributed by atoms with Crippen molar-refractivity contribution in [3.63, 3.8) is 0 Å². The van der Waals surface area contributed by atoms with Crippen molar-refractivity contribution >= 4 is 23.2 Å². The predicted octanol–water partition coefficient (Wildman–Crippen LogP) is 3.56. The highest BCUT2D eigenvalue weighted by atomic mass is 35.5. The lowest BCUT2D eigenvalue weighted by molar-refractivity contribution is 0.607. The molecule has 76 valence electrons. The summed E-state index contributed by atoms with van der Waals surface area (Å²) >= 11 is 11.6. The Kier molecular flexibility index (Phi) is 2.96. The first-order chi connectivity index (χ1) is 6.68. The molecule has 1 aliphatic rings. The van der Waals surface area contributed by atoms with Crippen LogP contribution in [0.5, 0.6) is 0 Å². The van der Waals surface area contributed by atoms with Crippen LogP contribution in [0, 0.1) is 5.82 Å². The summed E-state index contributed by atoms with van der Waals surface area (Å²) in [5.41, 5.74) is 0.811. The molecule has 1 nitrogen and oxygen atoms in total. The predicted molar refractivity (Wildman–Crippen MR) is 56.4 cm³/mol. The van der Waals surface area contributed by atoms with Gasteiger partial charge in [-0.05, 0) is 37.1 Å². The van der Waals surface area contributed by atoms with Crippen LogP contribution in [-0.4, -0.2) is 6.54 Å². The van der Waals surface area contributed by atoms with Gasteiger partial charge in [-0.25, -0.2) is 4.39 Å². The van der Waals surface area contributed by atoms with E-state index in [-0.39, 0.29) is 11.1 Å². The minimum Gasteiger partial charge on any atom is -0.310 e. The lowest BCUT2D eigenvalue weighted by Gasteiger charge is -2.13. The number of hydrogen-bond acceptors (Lipinski definition) is 1. The van der Waals surface area contributed by atoms with Crippen LogP contribution in [0.15, 0.2) is 12.1 Å². The van der Waals surface area contributed by atoms with E-state index < -0.39 is 5.82 Å². The molecule has 1 heterocycles. The first-order valence-corrected chi connectivity index (χ1v) is 5.32. The molecule has 0 amide bonds. The van der Waals surface area contributed by atoms with Crippen LogP contribution in [0.25, 0.3) is 0 Å². The van der Waals surface area contributed by atoms with E-state index >= 15 is 0 Å². The summed E-state index contributed by atoms with van der Waals surface area (Å²) in [6.07, 6.45) is 2.10. The van der Waals surface area contributed by atoms with Gasteiger partial charge in [-0.3, -0.25) is 0 Å². The maximum atomic E-state index is 13.2. The lowest BCUT2D eigenvalue weighted by atomic mass is 10.1. The third-order valence-electron chi connectivity index (χ3n) is 2.48. The van der Waals surface area contributed by atoms with E-state index in [1.807, 2.05) is 0 Å². The van der Waals surface area contributed by atoms with Crippen LogP contribution in [0.1, 0.15) is 24.4 Å². The van der Waals surface area contributed by atoms with Crippen molar-refractivity contribution in [2.24, 2.45) is 0 Å². The normalized spacial score (nSPS) is 21.5. The van der Waals surface area contributed by atoms with E-state index in [0.29, 0.717) is 5.02 Å². The second-order valence-corrected chi connectivity index (χ2v) is 4.25. The van der Waals surface area contributed by atoms with Gasteiger partial charge >= 0.3 is 0 Å². The molecule has 0 aromatic heterocycles. The van der Waals surface area contributed by atoms with Crippen molar-refractivity contribution in [2.45, 2.75) is 18.9 Å². The fourth-order valence-electron chi connectivity index (χ4n) is 1.75. The van der Waals surface area contributed by atoms with Gasteiger partial charge in [0.2, 0.25) is 0 Å². The Morgan fingerprint density at radius 3 is 2.71 bits per heavy atom. The molecular weight excluding hydrogens is 224 g/mol. The van der Waals surface area contributed by atoms with Gasteiger partial charge in [0.15, 0.2) is 0 Å². The van der Waals surface area contributed by atoms with Gasteiger partial charge in [-0.2, -0.15) is 0 Å². The molecule has 1 aromatic rings. The maximum Gasteiger partial charge on any atom is 0.142 e. The fourth-order valence-corrected chi connectivity index (χ4v) is 2.27. The Bertz CT molecular complexity index is 348. The van der Waals surface area contributed by atoms with Crippen LogP contribution >= 0.6 is 23.2 Å². The highest BCUT2D eigenvalue weighted by Crippen LogP contribution is 2.32. The van der Waals surface area contributed by atoms with Crippen molar-refractivity contribution in [2.75, 3.05) is 6.54 Å². The van der Waals surface area contributed by atoms with Crippen LogP contribution in [0.2, 0.25) is 10.0 Å². The van der Waals surface area contributed by atoms with Crippen LogP contribution < -0.4 is 5.32 Å². The van der Waals surface area contributed by atoms with E-state index in [2.05, 4.69) is 5.32 Å². The fraction of sp³-hybridized carbons (Fsp3) is 0.400. The zero-order valence-corrected chi connectivity index (χ0v) is 9.00. The molecule has 0 spiro atoms. The van der Waals surface area contributed by atoms with Crippen LogP contribution in [0.4, 0.5) is 4.39 Å². The molecule has 1 saturated heterocycles. The molecule has 0 bridgehead atoms. The highest BCUT2D eigenvalue weighted by Gasteiger charge is 2.20. The summed E-state index contributed by atoms with van der Waals surface area (Å²) in [6, 6.07) is 3.07. The molecule has 1 aliphatic heterocycles. The van der Waals surface area contributed by atoms with Crippen molar-refractivity contribution in [3.05, 3.63) is 33.6 Å². The van der Waals surface area contributed by atoms with Gasteiger partial charge in [0, 0.05) is 11.1 Å². The summed E-state index contributed by atoms with van der Waals surface area (Å²) in [6.45, 7) is 0.964. The van der Waals surface area contributed by atoms with Gasteiger partial charge < -0.3 is 5.32 Å². The van der Waals surface area contributed by atoms with Crippen LogP contribution in [-0.2, 0) is 0 Å². The minimum absolute atomic E-state index is 0.0803. The molecule has 1 N–H and O–H groups in total. The summed E-state index contributed by atoms with van der Waals surface area (Å²) in [5, 5.41) is 3.88. The molecule has 0 unspecified atom stereocenters. The smallest absolute Gasteiger partial charge is 0.142 e. The van der Waals surface area contributed by atoms with Gasteiger partial charge in [-0.15, -0.1) is 0 Å². The zero-order chi connectivity index (χ0) is 10.1. The molecule has 0 aliphatic carbocycles. The summed E-state index contributed by atoms with van der Waals surface area (Å²) in [5.74, 6) is -0.403. The Morgan fingerprint density at radius 1 is 1.29 bits per heavy atom. The second-order valence-electron chi connectivity index (χ2n) is 3.44. The topological polar surface area (TPSA) is 12.0 Å². The number of nitrogens with one attached hydrogen (secondary N) is 1. The molecule has 4 heteroatoms. The molecule has 2 rings (SSSR count). The summed E-state index contributed by atoms with van der Waals surface area (Å²) in [7, 11) is 0. The van der Waals surface area contributed by atoms with Crippen molar-refractivity contribution in [1.82, 2.24) is 5.32 Å². The molecule has 0 radical (unpaired) electrons. The average molecular weight is 234 g/mol. The van der Waals surface area contributed by atoms with Crippen molar-refractivity contribution in [3.8, 4) is 0 Å².